The van der Waals surface area contributed by atoms with Crippen molar-refractivity contribution in [1.82, 2.24) is 29.9 Å². The molecule has 0 aliphatic carbocycles. The van der Waals surface area contributed by atoms with Crippen LogP contribution in [0.2, 0.25) is 0 Å². The van der Waals surface area contributed by atoms with Crippen molar-refractivity contribution in [3.8, 4) is 0 Å². The number of amides is 2. The van der Waals surface area contributed by atoms with E-state index in [1.165, 1.54) is 10.0 Å². The SMILES string of the molecule is CN(Cc1cccc(C(=O)N2CCCN2C(=O)OCc2ccccc2)c1)C(Cc1ccccn1)Cc1ncc[nH]1. The molecule has 5 rings (SSSR count). The van der Waals surface area contributed by atoms with Crippen LogP contribution in [0, 0.1) is 0 Å². The van der Waals surface area contributed by atoms with Gasteiger partial charge in [0.1, 0.15) is 12.4 Å². The van der Waals surface area contributed by atoms with Gasteiger partial charge in [-0.2, -0.15) is 0 Å². The second kappa shape index (κ2) is 13.0. The molecule has 2 aromatic carbocycles. The van der Waals surface area contributed by atoms with Crippen LogP contribution in [0.3, 0.4) is 0 Å². The Balaban J connectivity index is 1.25. The third-order valence-electron chi connectivity index (χ3n) is 7.07. The zero-order valence-electron chi connectivity index (χ0n) is 22.6. The summed E-state index contributed by atoms with van der Waals surface area (Å²) in [5.41, 5.74) is 3.47. The molecule has 206 valence electrons. The lowest BCUT2D eigenvalue weighted by Crippen LogP contribution is -2.45. The fourth-order valence-electron chi connectivity index (χ4n) is 4.95. The third-order valence-corrected chi connectivity index (χ3v) is 7.07. The van der Waals surface area contributed by atoms with Crippen LogP contribution in [0.4, 0.5) is 4.79 Å². The van der Waals surface area contributed by atoms with Gasteiger partial charge in [0.25, 0.3) is 5.91 Å². The minimum Gasteiger partial charge on any atom is -0.443 e. The molecule has 9 heteroatoms. The molecular weight excluding hydrogens is 504 g/mol. The van der Waals surface area contributed by atoms with Crippen LogP contribution in [0.25, 0.3) is 0 Å². The number of rotatable bonds is 10. The van der Waals surface area contributed by atoms with E-state index in [1.54, 1.807) is 12.3 Å². The van der Waals surface area contributed by atoms with Crippen molar-refractivity contribution in [3.05, 3.63) is 120 Å². The van der Waals surface area contributed by atoms with Gasteiger partial charge in [0.05, 0.1) is 0 Å². The molecule has 3 heterocycles. The Bertz CT molecular complexity index is 1380. The smallest absolute Gasteiger partial charge is 0.429 e. The molecule has 0 bridgehead atoms. The van der Waals surface area contributed by atoms with Crippen molar-refractivity contribution < 1.29 is 14.3 Å². The zero-order valence-corrected chi connectivity index (χ0v) is 22.6. The van der Waals surface area contributed by atoms with E-state index in [0.29, 0.717) is 31.6 Å². The van der Waals surface area contributed by atoms with Crippen LogP contribution >= 0.6 is 0 Å². The molecule has 9 nitrogen and oxygen atoms in total. The van der Waals surface area contributed by atoms with Gasteiger partial charge in [-0.25, -0.2) is 19.8 Å². The molecule has 0 saturated carbocycles. The number of pyridine rings is 1. The molecule has 1 fully saturated rings. The van der Waals surface area contributed by atoms with Gasteiger partial charge in [-0.05, 0) is 48.9 Å². The number of carbonyl (C=O) groups is 2. The van der Waals surface area contributed by atoms with Gasteiger partial charge in [-0.15, -0.1) is 0 Å². The molecule has 0 spiro atoms. The van der Waals surface area contributed by atoms with Crippen LogP contribution in [0.15, 0.2) is 91.4 Å². The summed E-state index contributed by atoms with van der Waals surface area (Å²) in [5, 5.41) is 2.91. The largest absolute Gasteiger partial charge is 0.443 e. The van der Waals surface area contributed by atoms with Gasteiger partial charge < -0.3 is 9.72 Å². The second-order valence-electron chi connectivity index (χ2n) is 9.98. The predicted octanol–water partition coefficient (Wildman–Crippen LogP) is 4.49. The maximum atomic E-state index is 13.5. The van der Waals surface area contributed by atoms with Gasteiger partial charge in [-0.3, -0.25) is 14.7 Å². The van der Waals surface area contributed by atoms with E-state index >= 15 is 0 Å². The number of H-pyrrole nitrogens is 1. The van der Waals surface area contributed by atoms with E-state index in [0.717, 1.165) is 35.5 Å². The monoisotopic (exact) mass is 538 g/mol. The first-order valence-corrected chi connectivity index (χ1v) is 13.5. The topological polar surface area (TPSA) is 94.7 Å². The number of likely N-dealkylation sites (N-methyl/N-ethyl adjacent to an activating group) is 1. The van der Waals surface area contributed by atoms with Crippen molar-refractivity contribution in [2.45, 2.75) is 38.5 Å². The Morgan fingerprint density at radius 2 is 1.73 bits per heavy atom. The number of aromatic amines is 1. The molecule has 1 unspecified atom stereocenters. The molecule has 1 N–H and O–H groups in total. The highest BCUT2D eigenvalue weighted by molar-refractivity contribution is 5.95. The minimum atomic E-state index is -0.513. The van der Waals surface area contributed by atoms with E-state index in [9.17, 15) is 9.59 Å². The number of imidazole rings is 1. The van der Waals surface area contributed by atoms with Crippen LogP contribution < -0.4 is 0 Å². The lowest BCUT2D eigenvalue weighted by Gasteiger charge is -2.28. The Labute approximate surface area is 234 Å². The lowest BCUT2D eigenvalue weighted by molar-refractivity contribution is 0.0111. The second-order valence-corrected chi connectivity index (χ2v) is 9.98. The average molecular weight is 539 g/mol. The molecule has 2 amide bonds. The number of nitrogens with zero attached hydrogens (tertiary/aromatic N) is 5. The molecule has 1 aliphatic rings. The summed E-state index contributed by atoms with van der Waals surface area (Å²) in [6, 6.07) is 23.2. The van der Waals surface area contributed by atoms with E-state index in [4.69, 9.17) is 4.74 Å². The van der Waals surface area contributed by atoms with Crippen molar-refractivity contribution in [3.63, 3.8) is 0 Å². The average Bonchev–Trinajstić information content (AvgIpc) is 3.69. The highest BCUT2D eigenvalue weighted by atomic mass is 16.6. The Kier molecular flexibility index (Phi) is 8.83. The molecule has 1 saturated heterocycles. The van der Waals surface area contributed by atoms with E-state index in [-0.39, 0.29) is 18.6 Å². The predicted molar refractivity (Wildman–Crippen MR) is 151 cm³/mol. The van der Waals surface area contributed by atoms with Gasteiger partial charge in [0.15, 0.2) is 0 Å². The Morgan fingerprint density at radius 1 is 0.925 bits per heavy atom. The summed E-state index contributed by atoms with van der Waals surface area (Å²) in [6.07, 6.45) is 7.12. The molecule has 4 aromatic rings. The van der Waals surface area contributed by atoms with Crippen LogP contribution in [-0.4, -0.2) is 68.0 Å². The quantitative estimate of drug-likeness (QED) is 0.320. The van der Waals surface area contributed by atoms with Crippen LogP contribution in [0.1, 0.15) is 39.4 Å². The van der Waals surface area contributed by atoms with Gasteiger partial charge in [-0.1, -0.05) is 48.5 Å². The minimum absolute atomic E-state index is 0.147. The molecule has 2 aromatic heterocycles. The van der Waals surface area contributed by atoms with Crippen molar-refractivity contribution >= 4 is 12.0 Å². The van der Waals surface area contributed by atoms with Crippen molar-refractivity contribution in [2.24, 2.45) is 0 Å². The van der Waals surface area contributed by atoms with E-state index < -0.39 is 6.09 Å². The first-order valence-electron chi connectivity index (χ1n) is 13.5. The molecule has 1 atom stereocenters. The fraction of sp³-hybridized carbons (Fsp3) is 0.290. The maximum Gasteiger partial charge on any atom is 0.429 e. The Morgan fingerprint density at radius 3 is 2.50 bits per heavy atom. The maximum absolute atomic E-state index is 13.5. The number of hydrazine groups is 1. The van der Waals surface area contributed by atoms with Crippen LogP contribution in [-0.2, 0) is 30.7 Å². The summed E-state index contributed by atoms with van der Waals surface area (Å²) < 4.78 is 5.50. The highest BCUT2D eigenvalue weighted by Crippen LogP contribution is 2.20. The summed E-state index contributed by atoms with van der Waals surface area (Å²) in [7, 11) is 2.08. The number of hydrogen-bond donors (Lipinski definition) is 1. The van der Waals surface area contributed by atoms with E-state index in [1.807, 2.05) is 79.1 Å². The molecule has 1 aliphatic heterocycles. The van der Waals surface area contributed by atoms with Gasteiger partial charge in [0, 0.05) is 68.4 Å². The normalized spacial score (nSPS) is 13.9. The summed E-state index contributed by atoms with van der Waals surface area (Å²) >= 11 is 0. The van der Waals surface area contributed by atoms with E-state index in [2.05, 4.69) is 26.9 Å². The third kappa shape index (κ3) is 6.92. The lowest BCUT2D eigenvalue weighted by atomic mass is 10.0. The Hall–Kier alpha value is -4.50. The standard InChI is InChI=1S/C31H34N6O3/c1-35(28(21-29-33-15-16-34-29)20-27-13-5-6-14-32-27)22-25-11-7-12-26(19-25)30(38)36-17-8-18-37(36)31(39)40-23-24-9-3-2-4-10-24/h2-7,9-16,19,28H,8,17-18,20-23H2,1H3,(H,33,34). The number of hydrogen-bond acceptors (Lipinski definition) is 6. The summed E-state index contributed by atoms with van der Waals surface area (Å²) in [5.74, 6) is 0.712. The fourth-order valence-corrected chi connectivity index (χ4v) is 4.95. The van der Waals surface area contributed by atoms with Crippen molar-refractivity contribution in [2.75, 3.05) is 20.1 Å². The molecular formula is C31H34N6O3. The molecule has 40 heavy (non-hydrogen) atoms. The van der Waals surface area contributed by atoms with Crippen LogP contribution in [0.5, 0.6) is 0 Å². The highest BCUT2D eigenvalue weighted by Gasteiger charge is 2.32. The summed E-state index contributed by atoms with van der Waals surface area (Å²) in [4.78, 5) is 40.7. The number of aromatic nitrogens is 3. The zero-order chi connectivity index (χ0) is 27.7. The summed E-state index contributed by atoms with van der Waals surface area (Å²) in [6.45, 7) is 1.72. The first kappa shape index (κ1) is 27.1. The van der Waals surface area contributed by atoms with Gasteiger partial charge >= 0.3 is 6.09 Å². The first-order chi connectivity index (χ1) is 19.6. The molecule has 0 radical (unpaired) electrons. The number of ether oxygens (including phenoxy) is 1. The van der Waals surface area contributed by atoms with Gasteiger partial charge in [0.2, 0.25) is 0 Å². The number of benzene rings is 2. The van der Waals surface area contributed by atoms with Crippen molar-refractivity contribution in [1.29, 1.82) is 0 Å². The number of nitrogens with one attached hydrogen (secondary N) is 1. The number of carbonyl (C=O) groups excluding carboxylic acids is 2.